The first-order valence-electron chi connectivity index (χ1n) is 5.38. The van der Waals surface area contributed by atoms with Gasteiger partial charge in [-0.3, -0.25) is 10.1 Å². The molecule has 0 saturated carbocycles. The van der Waals surface area contributed by atoms with Gasteiger partial charge in [0.25, 0.3) is 5.69 Å². The van der Waals surface area contributed by atoms with E-state index in [2.05, 4.69) is 15.4 Å². The second-order valence-electron chi connectivity index (χ2n) is 3.82. The molecule has 0 bridgehead atoms. The number of nitrogens with zero attached hydrogens (tertiary/aromatic N) is 3. The SMILES string of the molecule is O=[N+]([O-])c1ccc(NN2CCCCC2)nc1. The zero-order valence-electron chi connectivity index (χ0n) is 8.93. The van der Waals surface area contributed by atoms with Gasteiger partial charge in [-0.2, -0.15) is 0 Å². The minimum Gasteiger partial charge on any atom is -0.303 e. The lowest BCUT2D eigenvalue weighted by Gasteiger charge is -2.27. The number of hydrogen-bond acceptors (Lipinski definition) is 5. The molecule has 16 heavy (non-hydrogen) atoms. The third-order valence-electron chi connectivity index (χ3n) is 2.59. The fourth-order valence-corrected chi connectivity index (χ4v) is 1.73. The number of hydrogen-bond donors (Lipinski definition) is 1. The Morgan fingerprint density at radius 1 is 1.31 bits per heavy atom. The molecule has 0 atom stereocenters. The fraction of sp³-hybridized carbons (Fsp3) is 0.500. The number of nitro groups is 1. The van der Waals surface area contributed by atoms with Crippen LogP contribution in [0.15, 0.2) is 18.3 Å². The highest BCUT2D eigenvalue weighted by Gasteiger charge is 2.11. The first-order valence-corrected chi connectivity index (χ1v) is 5.38. The number of aromatic nitrogens is 1. The van der Waals surface area contributed by atoms with Gasteiger partial charge >= 0.3 is 0 Å². The molecule has 0 radical (unpaired) electrons. The fourth-order valence-electron chi connectivity index (χ4n) is 1.73. The molecule has 1 saturated heterocycles. The third-order valence-corrected chi connectivity index (χ3v) is 2.59. The van der Waals surface area contributed by atoms with Crippen molar-refractivity contribution in [2.24, 2.45) is 0 Å². The average molecular weight is 222 g/mol. The second-order valence-corrected chi connectivity index (χ2v) is 3.82. The molecule has 6 heteroatoms. The molecule has 1 aliphatic rings. The Balaban J connectivity index is 1.96. The van der Waals surface area contributed by atoms with Crippen LogP contribution in [0.3, 0.4) is 0 Å². The minimum atomic E-state index is -0.447. The minimum absolute atomic E-state index is 0.0178. The van der Waals surface area contributed by atoms with Crippen LogP contribution in [0.2, 0.25) is 0 Å². The Kier molecular flexibility index (Phi) is 3.31. The van der Waals surface area contributed by atoms with E-state index in [1.807, 2.05) is 0 Å². The predicted octanol–water partition coefficient (Wildman–Crippen LogP) is 1.80. The molecule has 0 unspecified atom stereocenters. The molecule has 1 aliphatic heterocycles. The standard InChI is InChI=1S/C10H14N4O2/c15-14(16)9-4-5-10(11-8-9)12-13-6-2-1-3-7-13/h4-5,8H,1-3,6-7H2,(H,11,12). The number of pyridine rings is 1. The number of hydrazine groups is 1. The van der Waals surface area contributed by atoms with E-state index in [1.54, 1.807) is 6.07 Å². The summed E-state index contributed by atoms with van der Waals surface area (Å²) in [5.41, 5.74) is 3.16. The monoisotopic (exact) mass is 222 g/mol. The zero-order valence-corrected chi connectivity index (χ0v) is 8.93. The lowest BCUT2D eigenvalue weighted by atomic mass is 10.2. The molecule has 1 aromatic rings. The predicted molar refractivity (Wildman–Crippen MR) is 59.9 cm³/mol. The van der Waals surface area contributed by atoms with E-state index in [-0.39, 0.29) is 5.69 Å². The lowest BCUT2D eigenvalue weighted by molar-refractivity contribution is -0.385. The van der Waals surface area contributed by atoms with Crippen molar-refractivity contribution in [2.45, 2.75) is 19.3 Å². The topological polar surface area (TPSA) is 71.3 Å². The van der Waals surface area contributed by atoms with Gasteiger partial charge in [-0.15, -0.1) is 0 Å². The maximum Gasteiger partial charge on any atom is 0.287 e. The summed E-state index contributed by atoms with van der Waals surface area (Å²) >= 11 is 0. The van der Waals surface area contributed by atoms with Crippen LogP contribution < -0.4 is 5.43 Å². The molecule has 1 fully saturated rings. The molecule has 0 aromatic carbocycles. The van der Waals surface area contributed by atoms with Crippen LogP contribution in [0.1, 0.15) is 19.3 Å². The Bertz CT molecular complexity index is 360. The van der Waals surface area contributed by atoms with Crippen molar-refractivity contribution in [3.63, 3.8) is 0 Å². The largest absolute Gasteiger partial charge is 0.303 e. The molecule has 0 aliphatic carbocycles. The van der Waals surface area contributed by atoms with Gasteiger partial charge in [0.2, 0.25) is 0 Å². The van der Waals surface area contributed by atoms with E-state index in [4.69, 9.17) is 0 Å². The van der Waals surface area contributed by atoms with Gasteiger partial charge in [0, 0.05) is 19.2 Å². The Labute approximate surface area is 93.4 Å². The maximum absolute atomic E-state index is 10.4. The molecule has 0 spiro atoms. The Hall–Kier alpha value is -1.69. The van der Waals surface area contributed by atoms with Crippen LogP contribution in [-0.4, -0.2) is 28.0 Å². The zero-order chi connectivity index (χ0) is 11.4. The van der Waals surface area contributed by atoms with E-state index in [0.29, 0.717) is 5.82 Å². The van der Waals surface area contributed by atoms with Gasteiger partial charge < -0.3 is 5.43 Å². The molecule has 1 N–H and O–H groups in total. The van der Waals surface area contributed by atoms with Crippen LogP contribution in [0.4, 0.5) is 11.5 Å². The van der Waals surface area contributed by atoms with Crippen LogP contribution >= 0.6 is 0 Å². The molecule has 6 nitrogen and oxygen atoms in total. The summed E-state index contributed by atoms with van der Waals surface area (Å²) in [5, 5.41) is 12.5. The van der Waals surface area contributed by atoms with Crippen molar-refractivity contribution in [1.82, 2.24) is 9.99 Å². The van der Waals surface area contributed by atoms with E-state index in [9.17, 15) is 10.1 Å². The molecule has 1 aromatic heterocycles. The van der Waals surface area contributed by atoms with E-state index in [1.165, 1.54) is 31.5 Å². The maximum atomic E-state index is 10.4. The molecular formula is C10H14N4O2. The van der Waals surface area contributed by atoms with Crippen LogP contribution in [0, 0.1) is 10.1 Å². The number of anilines is 1. The molecule has 86 valence electrons. The third kappa shape index (κ3) is 2.66. The van der Waals surface area contributed by atoms with Gasteiger partial charge in [0.05, 0.1) is 4.92 Å². The highest BCUT2D eigenvalue weighted by atomic mass is 16.6. The highest BCUT2D eigenvalue weighted by molar-refractivity contribution is 5.39. The summed E-state index contributed by atoms with van der Waals surface area (Å²) in [6, 6.07) is 3.09. The van der Waals surface area contributed by atoms with Gasteiger partial charge in [0.15, 0.2) is 0 Å². The summed E-state index contributed by atoms with van der Waals surface area (Å²) in [7, 11) is 0. The first kappa shape index (κ1) is 10.8. The van der Waals surface area contributed by atoms with Gasteiger partial charge in [0.1, 0.15) is 12.0 Å². The summed E-state index contributed by atoms with van der Waals surface area (Å²) < 4.78 is 0. The smallest absolute Gasteiger partial charge is 0.287 e. The highest BCUT2D eigenvalue weighted by Crippen LogP contribution is 2.14. The molecular weight excluding hydrogens is 208 g/mol. The lowest BCUT2D eigenvalue weighted by Crippen LogP contribution is -2.35. The average Bonchev–Trinajstić information content (AvgIpc) is 2.31. The van der Waals surface area contributed by atoms with Crippen LogP contribution in [-0.2, 0) is 0 Å². The summed E-state index contributed by atoms with van der Waals surface area (Å²) in [4.78, 5) is 14.0. The number of nitrogens with one attached hydrogen (secondary N) is 1. The summed E-state index contributed by atoms with van der Waals surface area (Å²) in [6.45, 7) is 2.00. The second kappa shape index (κ2) is 4.89. The summed E-state index contributed by atoms with van der Waals surface area (Å²) in [6.07, 6.45) is 4.90. The van der Waals surface area contributed by atoms with Crippen molar-refractivity contribution >= 4 is 11.5 Å². The van der Waals surface area contributed by atoms with Gasteiger partial charge in [-0.25, -0.2) is 9.99 Å². The molecule has 0 amide bonds. The molecule has 2 rings (SSSR count). The Morgan fingerprint density at radius 3 is 2.62 bits per heavy atom. The molecule has 2 heterocycles. The van der Waals surface area contributed by atoms with Crippen molar-refractivity contribution in [3.05, 3.63) is 28.4 Å². The van der Waals surface area contributed by atoms with Gasteiger partial charge in [-0.1, -0.05) is 6.42 Å². The van der Waals surface area contributed by atoms with E-state index >= 15 is 0 Å². The van der Waals surface area contributed by atoms with E-state index < -0.39 is 4.92 Å². The van der Waals surface area contributed by atoms with Crippen molar-refractivity contribution in [2.75, 3.05) is 18.5 Å². The van der Waals surface area contributed by atoms with Crippen molar-refractivity contribution in [1.29, 1.82) is 0 Å². The van der Waals surface area contributed by atoms with Crippen LogP contribution in [0.5, 0.6) is 0 Å². The summed E-state index contributed by atoms with van der Waals surface area (Å²) in [5.74, 6) is 0.660. The Morgan fingerprint density at radius 2 is 2.06 bits per heavy atom. The normalized spacial score (nSPS) is 17.0. The number of piperidine rings is 1. The van der Waals surface area contributed by atoms with Gasteiger partial charge in [-0.05, 0) is 18.9 Å². The number of rotatable bonds is 3. The van der Waals surface area contributed by atoms with Crippen molar-refractivity contribution < 1.29 is 4.92 Å². The quantitative estimate of drug-likeness (QED) is 0.623. The van der Waals surface area contributed by atoms with E-state index in [0.717, 1.165) is 13.1 Å². The van der Waals surface area contributed by atoms with Crippen LogP contribution in [0.25, 0.3) is 0 Å². The first-order chi connectivity index (χ1) is 7.75. The van der Waals surface area contributed by atoms with Crippen molar-refractivity contribution in [3.8, 4) is 0 Å².